The van der Waals surface area contributed by atoms with Crippen LogP contribution in [0.5, 0.6) is 0 Å². The Balaban J connectivity index is 2.03. The van der Waals surface area contributed by atoms with Gasteiger partial charge in [0.25, 0.3) is 0 Å². The summed E-state index contributed by atoms with van der Waals surface area (Å²) >= 11 is 5.92. The summed E-state index contributed by atoms with van der Waals surface area (Å²) in [4.78, 5) is 14.7. The first-order chi connectivity index (χ1) is 8.60. The molecule has 1 saturated carbocycles. The van der Waals surface area contributed by atoms with Crippen LogP contribution >= 0.6 is 11.6 Å². The molecule has 1 aliphatic carbocycles. The highest BCUT2D eigenvalue weighted by Crippen LogP contribution is 2.38. The largest absolute Gasteiger partial charge is 0.354 e. The third-order valence-corrected chi connectivity index (χ3v) is 3.42. The number of aromatic nitrogens is 3. The van der Waals surface area contributed by atoms with E-state index < -0.39 is 0 Å². The van der Waals surface area contributed by atoms with Crippen molar-refractivity contribution in [1.29, 1.82) is 0 Å². The monoisotopic (exact) mass is 269 g/mol. The van der Waals surface area contributed by atoms with E-state index in [0.717, 1.165) is 31.3 Å². The molecule has 1 aromatic heterocycles. The number of nitrogens with zero attached hydrogens (tertiary/aromatic N) is 4. The number of hydrogen-bond donors (Lipinski definition) is 1. The molecule has 6 heteroatoms. The van der Waals surface area contributed by atoms with Gasteiger partial charge < -0.3 is 10.2 Å². The van der Waals surface area contributed by atoms with Gasteiger partial charge in [-0.15, -0.1) is 0 Å². The van der Waals surface area contributed by atoms with Crippen molar-refractivity contribution in [2.45, 2.75) is 26.7 Å². The Morgan fingerprint density at radius 3 is 2.72 bits per heavy atom. The van der Waals surface area contributed by atoms with Crippen LogP contribution < -0.4 is 10.2 Å². The van der Waals surface area contributed by atoms with Crippen LogP contribution in [0, 0.1) is 11.8 Å². The minimum atomic E-state index is 0.245. The Morgan fingerprint density at radius 2 is 2.11 bits per heavy atom. The topological polar surface area (TPSA) is 53.9 Å². The molecular weight excluding hydrogens is 250 g/mol. The van der Waals surface area contributed by atoms with E-state index >= 15 is 0 Å². The molecule has 5 nitrogen and oxygen atoms in total. The third kappa shape index (κ3) is 3.45. The molecule has 0 amide bonds. The second-order valence-electron chi connectivity index (χ2n) is 5.01. The fraction of sp³-hybridized carbons (Fsp3) is 0.750. The van der Waals surface area contributed by atoms with Crippen molar-refractivity contribution in [2.75, 3.05) is 30.4 Å². The zero-order chi connectivity index (χ0) is 13.1. The summed E-state index contributed by atoms with van der Waals surface area (Å²) in [5.41, 5.74) is 0. The van der Waals surface area contributed by atoms with Crippen LogP contribution in [0.3, 0.4) is 0 Å². The van der Waals surface area contributed by atoms with Crippen LogP contribution in [0.1, 0.15) is 26.7 Å². The van der Waals surface area contributed by atoms with Gasteiger partial charge in [-0.2, -0.15) is 15.0 Å². The smallest absolute Gasteiger partial charge is 0.231 e. The summed E-state index contributed by atoms with van der Waals surface area (Å²) in [6.45, 7) is 6.18. The van der Waals surface area contributed by atoms with Crippen LogP contribution in [-0.4, -0.2) is 35.1 Å². The normalized spacial score (nSPS) is 21.8. The predicted molar refractivity (Wildman–Crippen MR) is 74.2 cm³/mol. The molecule has 1 fully saturated rings. The van der Waals surface area contributed by atoms with E-state index in [4.69, 9.17) is 11.6 Å². The fourth-order valence-corrected chi connectivity index (χ4v) is 2.07. The highest BCUT2D eigenvalue weighted by molar-refractivity contribution is 6.28. The van der Waals surface area contributed by atoms with E-state index in [0.29, 0.717) is 11.9 Å². The van der Waals surface area contributed by atoms with Crippen molar-refractivity contribution in [1.82, 2.24) is 15.0 Å². The molecule has 1 heterocycles. The van der Waals surface area contributed by atoms with Crippen LogP contribution in [0.15, 0.2) is 0 Å². The number of anilines is 2. The molecule has 0 saturated heterocycles. The molecule has 2 atom stereocenters. The zero-order valence-electron chi connectivity index (χ0n) is 11.1. The quantitative estimate of drug-likeness (QED) is 0.860. The van der Waals surface area contributed by atoms with E-state index in [2.05, 4.69) is 39.0 Å². The number of rotatable bonds is 6. The molecule has 100 valence electrons. The predicted octanol–water partition coefficient (Wildman–Crippen LogP) is 2.44. The molecule has 18 heavy (non-hydrogen) atoms. The Morgan fingerprint density at radius 1 is 1.39 bits per heavy atom. The molecule has 0 radical (unpaired) electrons. The lowest BCUT2D eigenvalue weighted by Crippen LogP contribution is -2.23. The molecule has 1 N–H and O–H groups in total. The zero-order valence-corrected chi connectivity index (χ0v) is 11.9. The second-order valence-corrected chi connectivity index (χ2v) is 5.35. The minimum Gasteiger partial charge on any atom is -0.354 e. The van der Waals surface area contributed by atoms with Crippen molar-refractivity contribution in [3.05, 3.63) is 5.28 Å². The first kappa shape index (κ1) is 13.3. The molecule has 2 rings (SSSR count). The molecule has 0 aliphatic heterocycles. The molecule has 0 spiro atoms. The minimum absolute atomic E-state index is 0.245. The van der Waals surface area contributed by atoms with E-state index in [1.807, 2.05) is 7.05 Å². The lowest BCUT2D eigenvalue weighted by atomic mass is 10.3. The van der Waals surface area contributed by atoms with E-state index in [-0.39, 0.29) is 5.28 Å². The molecule has 2 unspecified atom stereocenters. The molecule has 0 aromatic carbocycles. The number of hydrogen-bond acceptors (Lipinski definition) is 5. The van der Waals surface area contributed by atoms with Gasteiger partial charge >= 0.3 is 0 Å². The van der Waals surface area contributed by atoms with Gasteiger partial charge in [-0.1, -0.05) is 13.8 Å². The van der Waals surface area contributed by atoms with Crippen molar-refractivity contribution in [2.24, 2.45) is 11.8 Å². The van der Waals surface area contributed by atoms with Crippen molar-refractivity contribution < 1.29 is 0 Å². The van der Waals surface area contributed by atoms with Gasteiger partial charge in [0.2, 0.25) is 17.2 Å². The standard InChI is InChI=1S/C12H20ClN5/c1-4-5-14-11-15-10(13)16-12(17-11)18(3)7-9-6-8(9)2/h8-9H,4-7H2,1-3H3,(H,14,15,16,17). The fourth-order valence-electron chi connectivity index (χ4n) is 1.91. The Hall–Kier alpha value is -1.10. The highest BCUT2D eigenvalue weighted by Gasteiger charge is 2.33. The average molecular weight is 270 g/mol. The maximum absolute atomic E-state index is 5.92. The average Bonchev–Trinajstić information content (AvgIpc) is 3.01. The molecular formula is C12H20ClN5. The summed E-state index contributed by atoms with van der Waals surface area (Å²) in [6, 6.07) is 0. The molecule has 0 bridgehead atoms. The first-order valence-corrected chi connectivity index (χ1v) is 6.84. The number of halogens is 1. The van der Waals surface area contributed by atoms with E-state index in [1.165, 1.54) is 6.42 Å². The Kier molecular flexibility index (Phi) is 4.22. The summed E-state index contributed by atoms with van der Waals surface area (Å²) in [7, 11) is 2.00. The van der Waals surface area contributed by atoms with Crippen LogP contribution in [0.2, 0.25) is 5.28 Å². The highest BCUT2D eigenvalue weighted by atomic mass is 35.5. The third-order valence-electron chi connectivity index (χ3n) is 3.26. The van der Waals surface area contributed by atoms with Gasteiger partial charge in [-0.05, 0) is 36.3 Å². The van der Waals surface area contributed by atoms with E-state index in [1.54, 1.807) is 0 Å². The van der Waals surface area contributed by atoms with Crippen molar-refractivity contribution >= 4 is 23.5 Å². The number of nitrogens with one attached hydrogen (secondary N) is 1. The maximum Gasteiger partial charge on any atom is 0.231 e. The maximum atomic E-state index is 5.92. The summed E-state index contributed by atoms with van der Waals surface area (Å²) in [6.07, 6.45) is 2.32. The van der Waals surface area contributed by atoms with Crippen LogP contribution in [0.4, 0.5) is 11.9 Å². The first-order valence-electron chi connectivity index (χ1n) is 6.46. The van der Waals surface area contributed by atoms with Crippen LogP contribution in [0.25, 0.3) is 0 Å². The van der Waals surface area contributed by atoms with Gasteiger partial charge in [0.1, 0.15) is 0 Å². The summed E-state index contributed by atoms with van der Waals surface area (Å²) < 4.78 is 0. The van der Waals surface area contributed by atoms with E-state index in [9.17, 15) is 0 Å². The Bertz CT molecular complexity index is 411. The van der Waals surface area contributed by atoms with Gasteiger partial charge in [-0.25, -0.2) is 0 Å². The van der Waals surface area contributed by atoms with Gasteiger partial charge in [0, 0.05) is 20.1 Å². The summed E-state index contributed by atoms with van der Waals surface area (Å²) in [5.74, 6) is 2.79. The van der Waals surface area contributed by atoms with Crippen LogP contribution in [-0.2, 0) is 0 Å². The SMILES string of the molecule is CCCNc1nc(Cl)nc(N(C)CC2CC2C)n1. The lowest BCUT2D eigenvalue weighted by Gasteiger charge is -2.17. The lowest BCUT2D eigenvalue weighted by molar-refractivity contribution is 0.709. The van der Waals surface area contributed by atoms with Gasteiger partial charge in [0.05, 0.1) is 0 Å². The summed E-state index contributed by atoms with van der Waals surface area (Å²) in [5, 5.41) is 3.38. The molecule has 1 aliphatic rings. The second kappa shape index (κ2) is 5.69. The van der Waals surface area contributed by atoms with Crippen molar-refractivity contribution in [3.8, 4) is 0 Å². The van der Waals surface area contributed by atoms with Gasteiger partial charge in [0.15, 0.2) is 0 Å². The van der Waals surface area contributed by atoms with Gasteiger partial charge in [-0.3, -0.25) is 0 Å². The Labute approximate surface area is 113 Å². The van der Waals surface area contributed by atoms with Crippen molar-refractivity contribution in [3.63, 3.8) is 0 Å². The molecule has 1 aromatic rings.